The predicted molar refractivity (Wildman–Crippen MR) is 111 cm³/mol. The van der Waals surface area contributed by atoms with Crippen LogP contribution in [-0.4, -0.2) is 28.3 Å². The lowest BCUT2D eigenvalue weighted by Crippen LogP contribution is -2.39. The first-order valence-electron chi connectivity index (χ1n) is 8.32. The molecule has 3 rings (SSSR count). The smallest absolute Gasteiger partial charge is 0.191 e. The zero-order valence-electron chi connectivity index (χ0n) is 14.2. The molecule has 1 saturated carbocycles. The molecule has 7 heteroatoms. The lowest BCUT2D eigenvalue weighted by molar-refractivity contribution is 0.526. The molecule has 2 heterocycles. The third-order valence-electron chi connectivity index (χ3n) is 3.76. The zero-order chi connectivity index (χ0) is 16.1. The number of rotatable bonds is 7. The second-order valence-corrected chi connectivity index (χ2v) is 7.25. The largest absolute Gasteiger partial charge is 0.356 e. The van der Waals surface area contributed by atoms with Crippen LogP contribution < -0.4 is 10.6 Å². The predicted octanol–water partition coefficient (Wildman–Crippen LogP) is 3.58. The molecule has 1 aliphatic carbocycles. The van der Waals surface area contributed by atoms with Gasteiger partial charge in [0, 0.05) is 36.1 Å². The number of guanidine groups is 1. The number of halogens is 1. The number of hydrogen-bond acceptors (Lipinski definition) is 3. The fourth-order valence-corrected chi connectivity index (χ4v) is 2.87. The summed E-state index contributed by atoms with van der Waals surface area (Å²) in [6.45, 7) is 5.87. The minimum Gasteiger partial charge on any atom is -0.356 e. The van der Waals surface area contributed by atoms with Gasteiger partial charge in [0.2, 0.25) is 0 Å². The lowest BCUT2D eigenvalue weighted by atomic mass is 10.3. The van der Waals surface area contributed by atoms with Crippen molar-refractivity contribution in [1.82, 2.24) is 20.4 Å². The summed E-state index contributed by atoms with van der Waals surface area (Å²) in [6, 6.07) is 7.31. The van der Waals surface area contributed by atoms with E-state index in [4.69, 9.17) is 4.99 Å². The third kappa shape index (κ3) is 6.08. The molecule has 0 aromatic carbocycles. The Labute approximate surface area is 165 Å². The van der Waals surface area contributed by atoms with Crippen LogP contribution in [-0.2, 0) is 13.0 Å². The summed E-state index contributed by atoms with van der Waals surface area (Å²) in [5.74, 6) is 0.921. The fourth-order valence-electron chi connectivity index (χ4n) is 2.24. The summed E-state index contributed by atoms with van der Waals surface area (Å²) in [6.07, 6.45) is 5.45. The van der Waals surface area contributed by atoms with Crippen molar-refractivity contribution in [3.05, 3.63) is 40.3 Å². The van der Waals surface area contributed by atoms with Crippen LogP contribution in [0.2, 0.25) is 0 Å². The first-order chi connectivity index (χ1) is 11.2. The van der Waals surface area contributed by atoms with Gasteiger partial charge in [-0.15, -0.1) is 35.3 Å². The summed E-state index contributed by atoms with van der Waals surface area (Å²) in [4.78, 5) is 5.98. The highest BCUT2D eigenvalue weighted by Crippen LogP contribution is 2.18. The molecule has 0 bridgehead atoms. The van der Waals surface area contributed by atoms with Crippen molar-refractivity contribution in [2.75, 3.05) is 6.54 Å². The van der Waals surface area contributed by atoms with Gasteiger partial charge in [0.15, 0.2) is 5.96 Å². The van der Waals surface area contributed by atoms with Crippen LogP contribution in [0.5, 0.6) is 0 Å². The molecule has 5 nitrogen and oxygen atoms in total. The normalized spacial score (nSPS) is 14.5. The van der Waals surface area contributed by atoms with E-state index < -0.39 is 0 Å². The van der Waals surface area contributed by atoms with Crippen molar-refractivity contribution in [2.45, 2.75) is 51.7 Å². The van der Waals surface area contributed by atoms with Crippen LogP contribution in [0.4, 0.5) is 0 Å². The van der Waals surface area contributed by atoms with Crippen LogP contribution in [0.15, 0.2) is 34.8 Å². The van der Waals surface area contributed by atoms with Gasteiger partial charge in [-0.3, -0.25) is 4.68 Å². The van der Waals surface area contributed by atoms with Crippen molar-refractivity contribution in [3.8, 4) is 0 Å². The lowest BCUT2D eigenvalue weighted by Gasteiger charge is -2.11. The van der Waals surface area contributed by atoms with Gasteiger partial charge in [-0.25, -0.2) is 4.99 Å². The fraction of sp³-hybridized carbons (Fsp3) is 0.529. The first-order valence-corrected chi connectivity index (χ1v) is 9.20. The highest BCUT2D eigenvalue weighted by atomic mass is 127. The van der Waals surface area contributed by atoms with E-state index in [1.54, 1.807) is 11.3 Å². The average Bonchev–Trinajstić information content (AvgIpc) is 3.03. The molecular formula is C17H26IN5S. The number of aromatic nitrogens is 2. The number of aliphatic imine (C=N–C) groups is 1. The van der Waals surface area contributed by atoms with E-state index in [1.807, 2.05) is 10.9 Å². The Morgan fingerprint density at radius 3 is 2.88 bits per heavy atom. The van der Waals surface area contributed by atoms with Crippen LogP contribution in [0.25, 0.3) is 0 Å². The third-order valence-corrected chi connectivity index (χ3v) is 4.62. The summed E-state index contributed by atoms with van der Waals surface area (Å²) in [5, 5.41) is 13.6. The first kappa shape index (κ1) is 19.2. The minimum atomic E-state index is 0. The molecule has 0 unspecified atom stereocenters. The van der Waals surface area contributed by atoms with Crippen LogP contribution >= 0.6 is 35.3 Å². The maximum atomic E-state index is 4.69. The van der Waals surface area contributed by atoms with Crippen molar-refractivity contribution in [3.63, 3.8) is 0 Å². The Balaban J connectivity index is 0.00000208. The van der Waals surface area contributed by atoms with Crippen LogP contribution in [0.3, 0.4) is 0 Å². The SMILES string of the molecule is CC(C)n1ccc(CCNC(=NCc2cccs2)NC2CC2)n1.I. The number of hydrogen-bond donors (Lipinski definition) is 2. The average molecular weight is 459 g/mol. The van der Waals surface area contributed by atoms with E-state index in [1.165, 1.54) is 17.7 Å². The summed E-state index contributed by atoms with van der Waals surface area (Å²) in [7, 11) is 0. The molecule has 2 N–H and O–H groups in total. The van der Waals surface area contributed by atoms with Gasteiger partial charge in [0.05, 0.1) is 12.2 Å². The molecule has 0 amide bonds. The van der Waals surface area contributed by atoms with Crippen molar-refractivity contribution in [1.29, 1.82) is 0 Å². The molecule has 0 aliphatic heterocycles. The maximum Gasteiger partial charge on any atom is 0.191 e. The molecule has 0 spiro atoms. The van der Waals surface area contributed by atoms with Crippen LogP contribution in [0.1, 0.15) is 43.3 Å². The van der Waals surface area contributed by atoms with Gasteiger partial charge < -0.3 is 10.6 Å². The Morgan fingerprint density at radius 1 is 1.42 bits per heavy atom. The number of nitrogens with one attached hydrogen (secondary N) is 2. The zero-order valence-corrected chi connectivity index (χ0v) is 17.4. The van der Waals surface area contributed by atoms with E-state index >= 15 is 0 Å². The second kappa shape index (κ2) is 9.41. The molecule has 2 aromatic rings. The van der Waals surface area contributed by atoms with E-state index in [2.05, 4.69) is 53.2 Å². The molecule has 2 aromatic heterocycles. The van der Waals surface area contributed by atoms with Gasteiger partial charge in [0.1, 0.15) is 0 Å². The summed E-state index contributed by atoms with van der Waals surface area (Å²) < 4.78 is 2.00. The van der Waals surface area contributed by atoms with Crippen molar-refractivity contribution >= 4 is 41.3 Å². The van der Waals surface area contributed by atoms with E-state index in [9.17, 15) is 0 Å². The van der Waals surface area contributed by atoms with Crippen molar-refractivity contribution < 1.29 is 0 Å². The Kier molecular flexibility index (Phi) is 7.54. The van der Waals surface area contributed by atoms with E-state index in [-0.39, 0.29) is 24.0 Å². The van der Waals surface area contributed by atoms with Gasteiger partial charge in [0.25, 0.3) is 0 Å². The second-order valence-electron chi connectivity index (χ2n) is 6.22. The Bertz CT molecular complexity index is 631. The Morgan fingerprint density at radius 2 is 2.25 bits per heavy atom. The summed E-state index contributed by atoms with van der Waals surface area (Å²) >= 11 is 1.75. The molecule has 0 saturated heterocycles. The molecule has 132 valence electrons. The van der Waals surface area contributed by atoms with Crippen molar-refractivity contribution in [2.24, 2.45) is 4.99 Å². The monoisotopic (exact) mass is 459 g/mol. The highest BCUT2D eigenvalue weighted by molar-refractivity contribution is 14.0. The topological polar surface area (TPSA) is 54.2 Å². The number of nitrogens with zero attached hydrogens (tertiary/aromatic N) is 3. The Hall–Kier alpha value is -1.09. The number of thiophene rings is 1. The standard InChI is InChI=1S/C17H25N5S.HI/c1-13(2)22-10-8-15(21-22)7-9-18-17(20-14-5-6-14)19-12-16-4-3-11-23-16;/h3-4,8,10-11,13-14H,5-7,9,12H2,1-2H3,(H2,18,19,20);1H. The van der Waals surface area contributed by atoms with Gasteiger partial charge >= 0.3 is 0 Å². The maximum absolute atomic E-state index is 4.69. The molecule has 24 heavy (non-hydrogen) atoms. The highest BCUT2D eigenvalue weighted by Gasteiger charge is 2.22. The van der Waals surface area contributed by atoms with Gasteiger partial charge in [-0.2, -0.15) is 5.10 Å². The van der Waals surface area contributed by atoms with E-state index in [0.717, 1.165) is 31.2 Å². The molecular weight excluding hydrogens is 433 g/mol. The molecule has 0 radical (unpaired) electrons. The van der Waals surface area contributed by atoms with Gasteiger partial charge in [-0.1, -0.05) is 6.07 Å². The quantitative estimate of drug-likeness (QED) is 0.378. The molecule has 1 fully saturated rings. The van der Waals surface area contributed by atoms with E-state index in [0.29, 0.717) is 12.1 Å². The molecule has 1 aliphatic rings. The summed E-state index contributed by atoms with van der Waals surface area (Å²) in [5.41, 5.74) is 1.12. The van der Waals surface area contributed by atoms with Crippen LogP contribution in [0, 0.1) is 0 Å². The van der Waals surface area contributed by atoms with Gasteiger partial charge in [-0.05, 0) is 44.2 Å². The molecule has 0 atom stereocenters. The minimum absolute atomic E-state index is 0.